The summed E-state index contributed by atoms with van der Waals surface area (Å²) in [6, 6.07) is 0.190. The second-order valence-electron chi connectivity index (χ2n) is 10.3. The smallest absolute Gasteiger partial charge is 0.313 e. The summed E-state index contributed by atoms with van der Waals surface area (Å²) in [6.45, 7) is 13.0. The van der Waals surface area contributed by atoms with E-state index < -0.39 is 16.4 Å². The lowest BCUT2D eigenvalue weighted by Gasteiger charge is -2.42. The molecular formula is C20H31NO3. The zero-order chi connectivity index (χ0) is 17.8. The Hall–Kier alpha value is -1.06. The van der Waals surface area contributed by atoms with E-state index >= 15 is 0 Å². The van der Waals surface area contributed by atoms with Crippen molar-refractivity contribution in [1.29, 1.82) is 0 Å². The van der Waals surface area contributed by atoms with E-state index in [0.717, 1.165) is 12.8 Å². The molecule has 1 aliphatic heterocycles. The van der Waals surface area contributed by atoms with Gasteiger partial charge in [0.05, 0.1) is 5.41 Å². The summed E-state index contributed by atoms with van der Waals surface area (Å²) in [6.07, 6.45) is 4.87. The van der Waals surface area contributed by atoms with Gasteiger partial charge in [-0.25, -0.2) is 0 Å². The molecule has 4 bridgehead atoms. The van der Waals surface area contributed by atoms with Crippen molar-refractivity contribution in [3.8, 4) is 0 Å². The van der Waals surface area contributed by atoms with Gasteiger partial charge in [0.1, 0.15) is 0 Å². The number of hydrogen-bond donors (Lipinski definition) is 1. The molecule has 24 heavy (non-hydrogen) atoms. The van der Waals surface area contributed by atoms with E-state index in [0.29, 0.717) is 12.3 Å². The third kappa shape index (κ3) is 1.44. The first-order chi connectivity index (χ1) is 10.9. The lowest BCUT2D eigenvalue weighted by molar-refractivity contribution is -0.169. The Bertz CT molecular complexity index is 639. The maximum absolute atomic E-state index is 13.3. The van der Waals surface area contributed by atoms with Crippen molar-refractivity contribution in [2.24, 2.45) is 27.6 Å². The Morgan fingerprint density at radius 2 is 1.75 bits per heavy atom. The molecule has 1 heterocycles. The summed E-state index contributed by atoms with van der Waals surface area (Å²) in [5, 5.41) is 3.34. The van der Waals surface area contributed by atoms with Crippen molar-refractivity contribution >= 4 is 11.9 Å². The lowest BCUT2D eigenvalue weighted by Crippen LogP contribution is -2.58. The third-order valence-corrected chi connectivity index (χ3v) is 9.55. The number of fused-ring (bicyclic) bond motifs is 4. The van der Waals surface area contributed by atoms with Gasteiger partial charge in [-0.1, -0.05) is 34.6 Å². The first-order valence-electron chi connectivity index (χ1n) is 9.47. The summed E-state index contributed by atoms with van der Waals surface area (Å²) >= 11 is 0. The Balaban J connectivity index is 1.62. The van der Waals surface area contributed by atoms with Gasteiger partial charge in [0.25, 0.3) is 5.91 Å². The molecule has 4 nitrogen and oxygen atoms in total. The summed E-state index contributed by atoms with van der Waals surface area (Å²) in [4.78, 5) is 25.7. The molecule has 4 heteroatoms. The van der Waals surface area contributed by atoms with Gasteiger partial charge in [0.15, 0.2) is 5.60 Å². The minimum atomic E-state index is -0.985. The van der Waals surface area contributed by atoms with Crippen LogP contribution in [0.2, 0.25) is 0 Å². The predicted molar refractivity (Wildman–Crippen MR) is 91.1 cm³/mol. The van der Waals surface area contributed by atoms with Crippen molar-refractivity contribution in [3.63, 3.8) is 0 Å². The van der Waals surface area contributed by atoms with Crippen LogP contribution in [0, 0.1) is 27.6 Å². The van der Waals surface area contributed by atoms with Crippen LogP contribution in [-0.2, 0) is 14.3 Å². The van der Waals surface area contributed by atoms with Gasteiger partial charge in [-0.3, -0.25) is 9.59 Å². The van der Waals surface area contributed by atoms with Crippen molar-refractivity contribution in [2.75, 3.05) is 0 Å². The second-order valence-corrected chi connectivity index (χ2v) is 10.3. The average Bonchev–Trinajstić information content (AvgIpc) is 2.97. The minimum Gasteiger partial charge on any atom is -0.448 e. The molecule has 5 atom stereocenters. The van der Waals surface area contributed by atoms with Crippen molar-refractivity contribution in [2.45, 2.75) is 85.3 Å². The number of rotatable bonds is 2. The maximum atomic E-state index is 13.3. The number of esters is 1. The molecule has 1 N–H and O–H groups in total. The minimum absolute atomic E-state index is 0.0587. The van der Waals surface area contributed by atoms with Gasteiger partial charge in [-0.05, 0) is 55.8 Å². The fourth-order valence-corrected chi connectivity index (χ4v) is 6.44. The van der Waals surface area contributed by atoms with Gasteiger partial charge in [-0.2, -0.15) is 0 Å². The molecule has 3 saturated carbocycles. The van der Waals surface area contributed by atoms with Crippen LogP contribution >= 0.6 is 0 Å². The van der Waals surface area contributed by atoms with Gasteiger partial charge < -0.3 is 10.1 Å². The summed E-state index contributed by atoms with van der Waals surface area (Å²) in [7, 11) is 0. The van der Waals surface area contributed by atoms with Crippen LogP contribution < -0.4 is 5.32 Å². The normalized spacial score (nSPS) is 50.2. The van der Waals surface area contributed by atoms with Gasteiger partial charge in [0.2, 0.25) is 0 Å². The lowest BCUT2D eigenvalue weighted by atomic mass is 9.65. The highest BCUT2D eigenvalue weighted by molar-refractivity contribution is 5.96. The Morgan fingerprint density at radius 3 is 2.17 bits per heavy atom. The molecule has 0 unspecified atom stereocenters. The number of hydrogen-bond acceptors (Lipinski definition) is 3. The molecule has 3 aliphatic carbocycles. The molecule has 0 aromatic carbocycles. The summed E-state index contributed by atoms with van der Waals surface area (Å²) in [5.41, 5.74) is -1.59. The highest BCUT2D eigenvalue weighted by atomic mass is 16.6. The highest BCUT2D eigenvalue weighted by Gasteiger charge is 2.76. The number of ether oxygens (including phenoxy) is 1. The quantitative estimate of drug-likeness (QED) is 0.788. The second kappa shape index (κ2) is 4.19. The standard InChI is InChI=1S/C20H31NO3/c1-16(2)12-7-8-18(16,5)13(11-12)21-14(22)20-10-9-19(6,15(23)24-20)17(20,3)4/h12-13H,7-11H2,1-6H3,(H,21,22)/t12-,13+,18+,19-,20+/m0/s1. The van der Waals surface area contributed by atoms with E-state index in [9.17, 15) is 9.59 Å². The van der Waals surface area contributed by atoms with Crippen LogP contribution in [0.3, 0.4) is 0 Å². The number of carbonyl (C=O) groups is 2. The molecule has 4 rings (SSSR count). The fourth-order valence-electron chi connectivity index (χ4n) is 6.44. The largest absolute Gasteiger partial charge is 0.448 e. The highest BCUT2D eigenvalue weighted by Crippen LogP contribution is 2.67. The van der Waals surface area contributed by atoms with E-state index in [-0.39, 0.29) is 28.7 Å². The maximum Gasteiger partial charge on any atom is 0.313 e. The van der Waals surface area contributed by atoms with E-state index in [4.69, 9.17) is 4.74 Å². The number of carbonyl (C=O) groups excluding carboxylic acids is 2. The van der Waals surface area contributed by atoms with E-state index in [1.807, 2.05) is 20.8 Å². The molecule has 134 valence electrons. The van der Waals surface area contributed by atoms with Crippen LogP contribution in [0.4, 0.5) is 0 Å². The number of nitrogens with one attached hydrogen (secondary N) is 1. The Kier molecular flexibility index (Phi) is 2.86. The van der Waals surface area contributed by atoms with Gasteiger partial charge in [0, 0.05) is 11.5 Å². The van der Waals surface area contributed by atoms with Crippen LogP contribution in [0.5, 0.6) is 0 Å². The van der Waals surface area contributed by atoms with E-state index in [1.54, 1.807) is 0 Å². The Morgan fingerprint density at radius 1 is 1.08 bits per heavy atom. The monoisotopic (exact) mass is 333 g/mol. The fraction of sp³-hybridized carbons (Fsp3) is 0.900. The van der Waals surface area contributed by atoms with Crippen LogP contribution in [0.1, 0.15) is 73.6 Å². The molecular weight excluding hydrogens is 302 g/mol. The number of amides is 1. The average molecular weight is 333 g/mol. The summed E-state index contributed by atoms with van der Waals surface area (Å²) < 4.78 is 5.75. The van der Waals surface area contributed by atoms with Crippen LogP contribution in [0.15, 0.2) is 0 Å². The van der Waals surface area contributed by atoms with Crippen molar-refractivity contribution in [3.05, 3.63) is 0 Å². The van der Waals surface area contributed by atoms with Crippen LogP contribution in [0.25, 0.3) is 0 Å². The predicted octanol–water partition coefficient (Wildman–Crippen LogP) is 3.44. The molecule has 1 amide bonds. The molecule has 1 saturated heterocycles. The molecule has 4 fully saturated rings. The topological polar surface area (TPSA) is 55.4 Å². The van der Waals surface area contributed by atoms with Gasteiger partial charge in [-0.15, -0.1) is 0 Å². The first kappa shape index (κ1) is 16.4. The molecule has 0 radical (unpaired) electrons. The summed E-state index contributed by atoms with van der Waals surface area (Å²) in [5.74, 6) is 0.420. The van der Waals surface area contributed by atoms with E-state index in [1.165, 1.54) is 12.8 Å². The van der Waals surface area contributed by atoms with Gasteiger partial charge >= 0.3 is 5.97 Å². The molecule has 4 aliphatic rings. The van der Waals surface area contributed by atoms with Crippen LogP contribution in [-0.4, -0.2) is 23.5 Å². The van der Waals surface area contributed by atoms with Crippen molar-refractivity contribution < 1.29 is 14.3 Å². The zero-order valence-electron chi connectivity index (χ0n) is 15.9. The van der Waals surface area contributed by atoms with E-state index in [2.05, 4.69) is 26.1 Å². The first-order valence-corrected chi connectivity index (χ1v) is 9.47. The third-order valence-electron chi connectivity index (χ3n) is 9.55. The molecule has 0 aromatic heterocycles. The zero-order valence-corrected chi connectivity index (χ0v) is 15.9. The molecule has 0 aromatic rings. The SMILES string of the molecule is CC1(C)[C@@]2(C)CC[C@]1(C(=O)N[C@@H]1C[C@@H]3CC[C@@]1(C)C3(C)C)OC2=O. The molecule has 0 spiro atoms. The Labute approximate surface area is 145 Å². The van der Waals surface area contributed by atoms with Crippen molar-refractivity contribution in [1.82, 2.24) is 5.32 Å².